The maximum atomic E-state index is 12.6. The molecule has 19 heavy (non-hydrogen) atoms. The summed E-state index contributed by atoms with van der Waals surface area (Å²) in [7, 11) is 0. The Bertz CT molecular complexity index is 637. The van der Waals surface area contributed by atoms with Crippen molar-refractivity contribution >= 4 is 17.3 Å². The molecule has 0 bridgehead atoms. The summed E-state index contributed by atoms with van der Waals surface area (Å²) in [4.78, 5) is 18.2. The molecule has 0 amide bonds. The highest BCUT2D eigenvalue weighted by Crippen LogP contribution is 2.33. The first-order valence-electron chi connectivity index (χ1n) is 5.02. The second kappa shape index (κ2) is 4.61. The molecule has 0 aromatic carbocycles. The predicted molar refractivity (Wildman–Crippen MR) is 62.0 cm³/mol. The minimum atomic E-state index is -4.45. The summed E-state index contributed by atoms with van der Waals surface area (Å²) in [5.74, 6) is -1.13. The molecule has 0 saturated carbocycles. The van der Waals surface area contributed by atoms with Crippen LogP contribution in [0.5, 0.6) is 0 Å². The van der Waals surface area contributed by atoms with Crippen molar-refractivity contribution in [2.75, 3.05) is 0 Å². The third-order valence-electron chi connectivity index (χ3n) is 2.35. The lowest BCUT2D eigenvalue weighted by Crippen LogP contribution is -2.08. The number of carboxylic acids is 1. The van der Waals surface area contributed by atoms with E-state index in [1.165, 1.54) is 13.0 Å². The van der Waals surface area contributed by atoms with Gasteiger partial charge in [0.25, 0.3) is 0 Å². The van der Waals surface area contributed by atoms with Crippen LogP contribution in [0.2, 0.25) is 0 Å². The van der Waals surface area contributed by atoms with Gasteiger partial charge in [0.05, 0.1) is 17.5 Å². The van der Waals surface area contributed by atoms with Crippen LogP contribution in [0, 0.1) is 6.92 Å². The van der Waals surface area contributed by atoms with E-state index in [9.17, 15) is 18.0 Å². The zero-order valence-electron chi connectivity index (χ0n) is 9.52. The maximum absolute atomic E-state index is 12.6. The Morgan fingerprint density at radius 2 is 2.00 bits per heavy atom. The van der Waals surface area contributed by atoms with Crippen LogP contribution >= 0.6 is 11.3 Å². The molecule has 0 spiro atoms. The predicted octanol–water partition coefficient (Wildman–Crippen LogP) is 3.23. The molecule has 0 radical (unpaired) electrons. The van der Waals surface area contributed by atoms with Gasteiger partial charge in [0.15, 0.2) is 0 Å². The Balaban J connectivity index is 2.41. The molecule has 100 valence electrons. The molecule has 0 aliphatic carbocycles. The first-order valence-corrected chi connectivity index (χ1v) is 5.84. The number of aromatic nitrogens is 2. The smallest absolute Gasteiger partial charge is 0.418 e. The van der Waals surface area contributed by atoms with Crippen molar-refractivity contribution < 1.29 is 23.1 Å². The summed E-state index contributed by atoms with van der Waals surface area (Å²) in [5.41, 5.74) is -0.571. The van der Waals surface area contributed by atoms with Crippen LogP contribution in [0.1, 0.15) is 20.8 Å². The van der Waals surface area contributed by atoms with Gasteiger partial charge in [0.2, 0.25) is 0 Å². The van der Waals surface area contributed by atoms with Gasteiger partial charge in [0.1, 0.15) is 9.88 Å². The lowest BCUT2D eigenvalue weighted by atomic mass is 10.1. The van der Waals surface area contributed by atoms with Gasteiger partial charge in [-0.1, -0.05) is 0 Å². The minimum absolute atomic E-state index is 0.00866. The molecule has 0 saturated heterocycles. The Labute approximate surface area is 109 Å². The normalized spacial score (nSPS) is 11.6. The summed E-state index contributed by atoms with van der Waals surface area (Å²) in [5, 5.41) is 9.02. The number of rotatable bonds is 2. The standard InChI is InChI=1S/C11H7F3N2O2S/c1-5-2-7(15-3-6(5)11(12,13)14)9-16-4-8(19-9)10(17)18/h2-4H,1H3,(H,17,18). The van der Waals surface area contributed by atoms with Crippen molar-refractivity contribution in [1.82, 2.24) is 9.97 Å². The van der Waals surface area contributed by atoms with E-state index in [1.54, 1.807) is 0 Å². The summed E-state index contributed by atoms with van der Waals surface area (Å²) < 4.78 is 37.7. The molecule has 0 aliphatic heterocycles. The van der Waals surface area contributed by atoms with E-state index >= 15 is 0 Å². The Morgan fingerprint density at radius 3 is 2.47 bits per heavy atom. The number of carboxylic acid groups (broad SMARTS) is 1. The molecule has 2 aromatic heterocycles. The summed E-state index contributed by atoms with van der Waals surface area (Å²) in [6.07, 6.45) is -2.58. The largest absolute Gasteiger partial charge is 0.477 e. The average Bonchev–Trinajstić information content (AvgIpc) is 2.76. The van der Waals surface area contributed by atoms with Crippen LogP contribution < -0.4 is 0 Å². The molecule has 0 unspecified atom stereocenters. The fourth-order valence-corrected chi connectivity index (χ4v) is 2.18. The minimum Gasteiger partial charge on any atom is -0.477 e. The summed E-state index contributed by atoms with van der Waals surface area (Å²) in [6, 6.07) is 1.24. The van der Waals surface area contributed by atoms with Crippen molar-refractivity contribution in [2.45, 2.75) is 13.1 Å². The molecule has 0 atom stereocenters. The number of carbonyl (C=O) groups is 1. The third-order valence-corrected chi connectivity index (χ3v) is 3.36. The quantitative estimate of drug-likeness (QED) is 0.921. The monoisotopic (exact) mass is 288 g/mol. The molecular weight excluding hydrogens is 281 g/mol. The molecule has 2 rings (SSSR count). The molecule has 4 nitrogen and oxygen atoms in total. The van der Waals surface area contributed by atoms with Gasteiger partial charge >= 0.3 is 12.1 Å². The number of aryl methyl sites for hydroxylation is 1. The fourth-order valence-electron chi connectivity index (χ4n) is 1.46. The highest BCUT2D eigenvalue weighted by molar-refractivity contribution is 7.16. The van der Waals surface area contributed by atoms with Gasteiger partial charge in [-0.15, -0.1) is 11.3 Å². The highest BCUT2D eigenvalue weighted by Gasteiger charge is 2.33. The van der Waals surface area contributed by atoms with Crippen molar-refractivity contribution in [1.29, 1.82) is 0 Å². The average molecular weight is 288 g/mol. The fraction of sp³-hybridized carbons (Fsp3) is 0.182. The van der Waals surface area contributed by atoms with E-state index in [0.29, 0.717) is 0 Å². The summed E-state index contributed by atoms with van der Waals surface area (Å²) >= 11 is 0.862. The van der Waals surface area contributed by atoms with Crippen LogP contribution in [0.3, 0.4) is 0 Å². The van der Waals surface area contributed by atoms with Crippen LogP contribution in [0.4, 0.5) is 13.2 Å². The van der Waals surface area contributed by atoms with Crippen molar-refractivity contribution in [3.63, 3.8) is 0 Å². The van der Waals surface area contributed by atoms with E-state index in [2.05, 4.69) is 9.97 Å². The second-order valence-corrected chi connectivity index (χ2v) is 4.75. The molecule has 1 N–H and O–H groups in total. The lowest BCUT2D eigenvalue weighted by molar-refractivity contribution is -0.138. The molecular formula is C11H7F3N2O2S. The Morgan fingerprint density at radius 1 is 1.32 bits per heavy atom. The number of nitrogens with zero attached hydrogens (tertiary/aromatic N) is 2. The van der Waals surface area contributed by atoms with Crippen molar-refractivity contribution in [3.8, 4) is 10.7 Å². The highest BCUT2D eigenvalue weighted by atomic mass is 32.1. The van der Waals surface area contributed by atoms with Gasteiger partial charge < -0.3 is 5.11 Å². The maximum Gasteiger partial charge on any atom is 0.418 e. The van der Waals surface area contributed by atoms with Gasteiger partial charge in [-0.2, -0.15) is 13.2 Å². The van der Waals surface area contributed by atoms with E-state index in [1.807, 2.05) is 0 Å². The first kappa shape index (κ1) is 13.5. The number of hydrogen-bond acceptors (Lipinski definition) is 4. The van der Waals surface area contributed by atoms with E-state index in [0.717, 1.165) is 23.7 Å². The number of aromatic carboxylic acids is 1. The number of hydrogen-bond donors (Lipinski definition) is 1. The Hall–Kier alpha value is -1.96. The number of pyridine rings is 1. The van der Waals surface area contributed by atoms with Gasteiger partial charge in [-0.3, -0.25) is 4.98 Å². The van der Waals surface area contributed by atoms with Crippen LogP contribution in [0.15, 0.2) is 18.5 Å². The van der Waals surface area contributed by atoms with Gasteiger partial charge in [-0.05, 0) is 18.6 Å². The van der Waals surface area contributed by atoms with Crippen LogP contribution in [-0.2, 0) is 6.18 Å². The lowest BCUT2D eigenvalue weighted by Gasteiger charge is -2.09. The van der Waals surface area contributed by atoms with Crippen molar-refractivity contribution in [3.05, 3.63) is 34.5 Å². The first-order chi connectivity index (χ1) is 8.79. The van der Waals surface area contributed by atoms with Crippen LogP contribution in [0.25, 0.3) is 10.7 Å². The topological polar surface area (TPSA) is 63.1 Å². The third kappa shape index (κ3) is 2.73. The van der Waals surface area contributed by atoms with E-state index in [-0.39, 0.29) is 21.1 Å². The van der Waals surface area contributed by atoms with Crippen molar-refractivity contribution in [2.24, 2.45) is 0 Å². The zero-order valence-corrected chi connectivity index (χ0v) is 10.3. The number of halogens is 3. The Kier molecular flexibility index (Phi) is 3.27. The van der Waals surface area contributed by atoms with Gasteiger partial charge in [-0.25, -0.2) is 9.78 Å². The zero-order chi connectivity index (χ0) is 14.2. The molecule has 0 fully saturated rings. The molecule has 2 aromatic rings. The van der Waals surface area contributed by atoms with E-state index in [4.69, 9.17) is 5.11 Å². The number of thiazole rings is 1. The molecule has 0 aliphatic rings. The summed E-state index contributed by atoms with van der Waals surface area (Å²) in [6.45, 7) is 1.32. The number of alkyl halides is 3. The van der Waals surface area contributed by atoms with E-state index < -0.39 is 17.7 Å². The SMILES string of the molecule is Cc1cc(-c2ncc(C(=O)O)s2)ncc1C(F)(F)F. The molecule has 8 heteroatoms. The molecule has 2 heterocycles. The van der Waals surface area contributed by atoms with Gasteiger partial charge in [0, 0.05) is 6.20 Å². The second-order valence-electron chi connectivity index (χ2n) is 3.72. The van der Waals surface area contributed by atoms with Crippen LogP contribution in [-0.4, -0.2) is 21.0 Å².